The number of nitro groups is 1. The van der Waals surface area contributed by atoms with Crippen LogP contribution in [0.5, 0.6) is 11.5 Å². The van der Waals surface area contributed by atoms with E-state index in [1.54, 1.807) is 30.3 Å². The predicted molar refractivity (Wildman–Crippen MR) is 109 cm³/mol. The van der Waals surface area contributed by atoms with Gasteiger partial charge in [-0.1, -0.05) is 18.2 Å². The van der Waals surface area contributed by atoms with E-state index in [1.807, 2.05) is 0 Å². The first-order valence-electron chi connectivity index (χ1n) is 9.62. The van der Waals surface area contributed by atoms with E-state index in [0.29, 0.717) is 0 Å². The van der Waals surface area contributed by atoms with E-state index in [2.05, 4.69) is 5.09 Å². The second-order valence-corrected chi connectivity index (χ2v) is 8.56. The van der Waals surface area contributed by atoms with Gasteiger partial charge in [0.15, 0.2) is 0 Å². The quantitative estimate of drug-likeness (QED) is 0.263. The Morgan fingerprint density at radius 2 is 1.63 bits per heavy atom. The van der Waals surface area contributed by atoms with Crippen LogP contribution in [0.15, 0.2) is 54.6 Å². The molecule has 0 radical (unpaired) electrons. The molecular formula is C20H23N2O7P. The van der Waals surface area contributed by atoms with Gasteiger partial charge in [0.2, 0.25) is 0 Å². The molecule has 1 N–H and O–H groups in total. The fourth-order valence-electron chi connectivity index (χ4n) is 3.02. The zero-order valence-electron chi connectivity index (χ0n) is 16.4. The molecule has 0 aromatic heterocycles. The van der Waals surface area contributed by atoms with Crippen LogP contribution in [0.2, 0.25) is 0 Å². The highest BCUT2D eigenvalue weighted by molar-refractivity contribution is 7.52. The zero-order chi connectivity index (χ0) is 21.6. The van der Waals surface area contributed by atoms with Gasteiger partial charge in [0.1, 0.15) is 23.6 Å². The molecule has 0 saturated heterocycles. The minimum absolute atomic E-state index is 0.0868. The van der Waals surface area contributed by atoms with Crippen LogP contribution < -0.4 is 14.1 Å². The van der Waals surface area contributed by atoms with Crippen molar-refractivity contribution in [2.45, 2.75) is 44.8 Å². The lowest BCUT2D eigenvalue weighted by molar-refractivity contribution is -0.384. The maximum Gasteiger partial charge on any atom is 0.513 e. The van der Waals surface area contributed by atoms with Crippen LogP contribution in [0.4, 0.5) is 5.69 Å². The van der Waals surface area contributed by atoms with Crippen LogP contribution in [-0.2, 0) is 14.1 Å². The Bertz CT molecular complexity index is 915. The molecular weight excluding hydrogens is 411 g/mol. The van der Waals surface area contributed by atoms with Crippen molar-refractivity contribution in [2.75, 3.05) is 0 Å². The fraction of sp³-hybridized carbons (Fsp3) is 0.350. The van der Waals surface area contributed by atoms with Gasteiger partial charge in [-0.05, 0) is 56.9 Å². The van der Waals surface area contributed by atoms with Crippen molar-refractivity contribution in [1.82, 2.24) is 5.09 Å². The highest BCUT2D eigenvalue weighted by atomic mass is 31.2. The number of para-hydroxylation sites is 1. The average Bonchev–Trinajstić information content (AvgIpc) is 3.22. The molecule has 0 spiro atoms. The molecule has 1 unspecified atom stereocenters. The molecule has 2 atom stereocenters. The molecule has 160 valence electrons. The van der Waals surface area contributed by atoms with E-state index < -0.39 is 24.7 Å². The van der Waals surface area contributed by atoms with Gasteiger partial charge in [-0.2, -0.15) is 5.09 Å². The number of ether oxygens (including phenoxy) is 1. The molecule has 1 fully saturated rings. The van der Waals surface area contributed by atoms with Crippen molar-refractivity contribution in [2.24, 2.45) is 0 Å². The smallest absolute Gasteiger partial charge is 0.461 e. The molecule has 10 heteroatoms. The van der Waals surface area contributed by atoms with Gasteiger partial charge in [-0.3, -0.25) is 14.9 Å². The Morgan fingerprint density at radius 1 is 1.07 bits per heavy atom. The first-order valence-corrected chi connectivity index (χ1v) is 11.2. The van der Waals surface area contributed by atoms with Crippen LogP contribution in [0.25, 0.3) is 0 Å². The van der Waals surface area contributed by atoms with Gasteiger partial charge in [-0.25, -0.2) is 4.57 Å². The second kappa shape index (κ2) is 9.73. The van der Waals surface area contributed by atoms with Crippen molar-refractivity contribution in [3.63, 3.8) is 0 Å². The standard InChI is InChI=1S/C20H23N2O7P/c1-15(20(23)27-17-7-5-6-8-17)21-30(26,28-18-9-3-2-4-10-18)29-19-13-11-16(12-14-19)22(24)25/h2-4,9-15,17H,5-8H2,1H3,(H,21,26)/t15-,30?/m1/s1. The molecule has 1 aliphatic carbocycles. The van der Waals surface area contributed by atoms with Gasteiger partial charge in [0, 0.05) is 12.1 Å². The molecule has 30 heavy (non-hydrogen) atoms. The van der Waals surface area contributed by atoms with Crippen LogP contribution in [0.3, 0.4) is 0 Å². The molecule has 1 aliphatic rings. The summed E-state index contributed by atoms with van der Waals surface area (Å²) < 4.78 is 30.0. The van der Waals surface area contributed by atoms with Crippen molar-refractivity contribution >= 4 is 19.4 Å². The summed E-state index contributed by atoms with van der Waals surface area (Å²) in [4.78, 5) is 22.7. The Balaban J connectivity index is 1.75. The zero-order valence-corrected chi connectivity index (χ0v) is 17.3. The summed E-state index contributed by atoms with van der Waals surface area (Å²) in [5, 5.41) is 13.4. The maximum absolute atomic E-state index is 13.4. The van der Waals surface area contributed by atoms with E-state index in [9.17, 15) is 19.5 Å². The largest absolute Gasteiger partial charge is 0.513 e. The normalized spacial score (nSPS) is 17.0. The van der Waals surface area contributed by atoms with Crippen LogP contribution in [0.1, 0.15) is 32.6 Å². The van der Waals surface area contributed by atoms with Gasteiger partial charge in [0.25, 0.3) is 5.69 Å². The lowest BCUT2D eigenvalue weighted by atomic mass is 10.3. The Kier molecular flexibility index (Phi) is 7.07. The number of nitro benzene ring substituents is 1. The molecule has 9 nitrogen and oxygen atoms in total. The number of carbonyl (C=O) groups excluding carboxylic acids is 1. The molecule has 0 bridgehead atoms. The monoisotopic (exact) mass is 434 g/mol. The third-order valence-electron chi connectivity index (χ3n) is 4.53. The maximum atomic E-state index is 13.4. The third kappa shape index (κ3) is 6.05. The topological polar surface area (TPSA) is 117 Å². The van der Waals surface area contributed by atoms with E-state index >= 15 is 0 Å². The summed E-state index contributed by atoms with van der Waals surface area (Å²) in [7, 11) is -4.08. The first kappa shape index (κ1) is 21.8. The Morgan fingerprint density at radius 3 is 2.20 bits per heavy atom. The number of non-ortho nitro benzene ring substituents is 1. The van der Waals surface area contributed by atoms with Gasteiger partial charge in [0.05, 0.1) is 4.92 Å². The minimum atomic E-state index is -4.08. The summed E-state index contributed by atoms with van der Waals surface area (Å²) in [6.45, 7) is 1.51. The van der Waals surface area contributed by atoms with E-state index in [0.717, 1.165) is 25.7 Å². The highest BCUT2D eigenvalue weighted by Gasteiger charge is 2.35. The van der Waals surface area contributed by atoms with E-state index in [4.69, 9.17) is 13.8 Å². The highest BCUT2D eigenvalue weighted by Crippen LogP contribution is 2.45. The van der Waals surface area contributed by atoms with Crippen molar-refractivity contribution in [3.8, 4) is 11.5 Å². The molecule has 0 aliphatic heterocycles. The van der Waals surface area contributed by atoms with Gasteiger partial charge in [-0.15, -0.1) is 0 Å². The van der Waals surface area contributed by atoms with E-state index in [-0.39, 0.29) is 23.3 Å². The van der Waals surface area contributed by atoms with Crippen molar-refractivity contribution < 1.29 is 28.1 Å². The molecule has 0 amide bonds. The molecule has 2 aromatic carbocycles. The molecule has 2 aromatic rings. The number of hydrogen-bond donors (Lipinski definition) is 1. The minimum Gasteiger partial charge on any atom is -0.461 e. The summed E-state index contributed by atoms with van der Waals surface area (Å²) in [5.74, 6) is -0.193. The van der Waals surface area contributed by atoms with Gasteiger partial charge >= 0.3 is 13.7 Å². The average molecular weight is 434 g/mol. The summed E-state index contributed by atoms with van der Waals surface area (Å²) in [6, 6.07) is 12.4. The van der Waals surface area contributed by atoms with Crippen molar-refractivity contribution in [3.05, 3.63) is 64.7 Å². The molecule has 1 saturated carbocycles. The first-order chi connectivity index (χ1) is 14.3. The number of rotatable bonds is 9. The number of hydrogen-bond acceptors (Lipinski definition) is 7. The number of nitrogens with zero attached hydrogens (tertiary/aromatic N) is 1. The van der Waals surface area contributed by atoms with Crippen LogP contribution in [-0.4, -0.2) is 23.0 Å². The molecule has 0 heterocycles. The second-order valence-electron chi connectivity index (χ2n) is 6.94. The SMILES string of the molecule is C[C@@H](NP(=O)(Oc1ccccc1)Oc1ccc([N+](=O)[O-])cc1)C(=O)OC1CCCC1. The predicted octanol–water partition coefficient (Wildman–Crippen LogP) is 4.62. The van der Waals surface area contributed by atoms with Crippen LogP contribution in [0, 0.1) is 10.1 Å². The summed E-state index contributed by atoms with van der Waals surface area (Å²) >= 11 is 0. The number of carbonyl (C=O) groups is 1. The summed E-state index contributed by atoms with van der Waals surface area (Å²) in [6.07, 6.45) is 3.52. The van der Waals surface area contributed by atoms with Gasteiger partial charge < -0.3 is 13.8 Å². The fourth-order valence-corrected chi connectivity index (χ4v) is 4.54. The van der Waals surface area contributed by atoms with E-state index in [1.165, 1.54) is 31.2 Å². The van der Waals surface area contributed by atoms with Crippen molar-refractivity contribution in [1.29, 1.82) is 0 Å². The Labute approximate surface area is 174 Å². The number of benzene rings is 2. The third-order valence-corrected chi connectivity index (χ3v) is 6.14. The van der Waals surface area contributed by atoms with Crippen LogP contribution >= 0.6 is 7.75 Å². The number of esters is 1. The summed E-state index contributed by atoms with van der Waals surface area (Å²) in [5.41, 5.74) is -0.136. The lowest BCUT2D eigenvalue weighted by Gasteiger charge is -2.24. The Hall–Kier alpha value is -2.90. The lowest BCUT2D eigenvalue weighted by Crippen LogP contribution is -2.37. The number of nitrogens with one attached hydrogen (secondary N) is 1. The molecule has 3 rings (SSSR count).